The van der Waals surface area contributed by atoms with E-state index >= 15 is 0 Å². The van der Waals surface area contributed by atoms with Gasteiger partial charge in [0.05, 0.1) is 5.75 Å². The van der Waals surface area contributed by atoms with Gasteiger partial charge in [0.25, 0.3) is 0 Å². The van der Waals surface area contributed by atoms with Crippen LogP contribution in [0.5, 0.6) is 0 Å². The van der Waals surface area contributed by atoms with Crippen molar-refractivity contribution in [3.63, 3.8) is 0 Å². The molecule has 0 aliphatic heterocycles. The van der Waals surface area contributed by atoms with Crippen LogP contribution in [-0.4, -0.2) is 21.4 Å². The minimum atomic E-state index is -0.144. The Morgan fingerprint density at radius 3 is 2.69 bits per heavy atom. The molecule has 0 unspecified atom stereocenters. The third kappa shape index (κ3) is 5.51. The van der Waals surface area contributed by atoms with Crippen LogP contribution in [0.4, 0.5) is 0 Å². The summed E-state index contributed by atoms with van der Waals surface area (Å²) in [5, 5.41) is 3.94. The molecule has 92 valence electrons. The lowest BCUT2D eigenvalue weighted by Crippen LogP contribution is -2.34. The summed E-state index contributed by atoms with van der Waals surface area (Å²) < 4.78 is 5.15. The normalized spacial score (nSPS) is 12.4. The first kappa shape index (κ1) is 13.5. The summed E-state index contributed by atoms with van der Waals surface area (Å²) in [5.41, 5.74) is 5.74. The molecule has 0 amide bonds. The van der Waals surface area contributed by atoms with E-state index in [2.05, 4.69) is 24.0 Å². The van der Waals surface area contributed by atoms with E-state index in [1.54, 1.807) is 11.8 Å². The standard InChI is InChI=1S/C11H21N3OS/c1-8(2)5-10-13-9(14-15-10)6-16-7-11(3,4)12/h8H,5-7,12H2,1-4H3. The van der Waals surface area contributed by atoms with Gasteiger partial charge in [-0.2, -0.15) is 16.7 Å². The van der Waals surface area contributed by atoms with E-state index in [9.17, 15) is 0 Å². The fraction of sp³-hybridized carbons (Fsp3) is 0.818. The van der Waals surface area contributed by atoms with Gasteiger partial charge in [0.2, 0.25) is 5.89 Å². The van der Waals surface area contributed by atoms with Crippen LogP contribution in [0, 0.1) is 5.92 Å². The molecule has 1 heterocycles. The van der Waals surface area contributed by atoms with Gasteiger partial charge in [-0.3, -0.25) is 0 Å². The van der Waals surface area contributed by atoms with Crippen LogP contribution in [0.1, 0.15) is 39.4 Å². The van der Waals surface area contributed by atoms with E-state index in [0.717, 1.165) is 29.6 Å². The molecule has 0 aliphatic rings. The molecule has 0 aromatic carbocycles. The lowest BCUT2D eigenvalue weighted by Gasteiger charge is -2.16. The monoisotopic (exact) mass is 243 g/mol. The number of aromatic nitrogens is 2. The van der Waals surface area contributed by atoms with Crippen molar-refractivity contribution in [3.8, 4) is 0 Å². The van der Waals surface area contributed by atoms with Crippen molar-refractivity contribution in [1.29, 1.82) is 0 Å². The van der Waals surface area contributed by atoms with Crippen LogP contribution in [0.2, 0.25) is 0 Å². The number of hydrogen-bond donors (Lipinski definition) is 1. The summed E-state index contributed by atoms with van der Waals surface area (Å²) in [6, 6.07) is 0. The number of nitrogens with two attached hydrogens (primary N) is 1. The zero-order valence-electron chi connectivity index (χ0n) is 10.5. The number of hydrogen-bond acceptors (Lipinski definition) is 5. The quantitative estimate of drug-likeness (QED) is 0.830. The maximum absolute atomic E-state index is 5.89. The fourth-order valence-electron chi connectivity index (χ4n) is 1.19. The Bertz CT molecular complexity index is 317. The Hall–Kier alpha value is -0.550. The van der Waals surface area contributed by atoms with Gasteiger partial charge in [0, 0.05) is 17.7 Å². The molecule has 0 spiro atoms. The predicted octanol–water partition coefficient (Wildman–Crippen LogP) is 2.24. The predicted molar refractivity (Wildman–Crippen MR) is 67.3 cm³/mol. The molecule has 2 N–H and O–H groups in total. The molecule has 0 bridgehead atoms. The Morgan fingerprint density at radius 1 is 1.44 bits per heavy atom. The Morgan fingerprint density at radius 2 is 2.12 bits per heavy atom. The van der Waals surface area contributed by atoms with Crippen LogP contribution in [0.25, 0.3) is 0 Å². The summed E-state index contributed by atoms with van der Waals surface area (Å²) in [7, 11) is 0. The average molecular weight is 243 g/mol. The molecule has 0 radical (unpaired) electrons. The molecule has 5 heteroatoms. The molecule has 1 rings (SSSR count). The topological polar surface area (TPSA) is 64.9 Å². The van der Waals surface area contributed by atoms with Gasteiger partial charge in [0.15, 0.2) is 5.82 Å². The highest BCUT2D eigenvalue weighted by Crippen LogP contribution is 2.15. The molecule has 0 saturated carbocycles. The van der Waals surface area contributed by atoms with Crippen molar-refractivity contribution < 1.29 is 4.52 Å². The minimum absolute atomic E-state index is 0.144. The van der Waals surface area contributed by atoms with Gasteiger partial charge < -0.3 is 10.3 Å². The molecular weight excluding hydrogens is 222 g/mol. The number of rotatable bonds is 6. The Kier molecular flexibility index (Phi) is 4.80. The van der Waals surface area contributed by atoms with Crippen molar-refractivity contribution in [3.05, 3.63) is 11.7 Å². The van der Waals surface area contributed by atoms with E-state index in [0.29, 0.717) is 5.92 Å². The van der Waals surface area contributed by atoms with Crippen molar-refractivity contribution in [1.82, 2.24) is 10.1 Å². The Balaban J connectivity index is 2.35. The lowest BCUT2D eigenvalue weighted by atomic mass is 10.1. The van der Waals surface area contributed by atoms with Crippen LogP contribution >= 0.6 is 11.8 Å². The molecule has 4 nitrogen and oxygen atoms in total. The first-order valence-electron chi connectivity index (χ1n) is 5.55. The lowest BCUT2D eigenvalue weighted by molar-refractivity contribution is 0.360. The summed E-state index contributed by atoms with van der Waals surface area (Å²) in [5.74, 6) is 3.70. The second kappa shape index (κ2) is 5.68. The molecule has 1 aromatic heterocycles. The molecule has 0 atom stereocenters. The van der Waals surface area contributed by atoms with E-state index in [-0.39, 0.29) is 5.54 Å². The molecular formula is C11H21N3OS. The van der Waals surface area contributed by atoms with Gasteiger partial charge in [-0.25, -0.2) is 0 Å². The maximum atomic E-state index is 5.89. The number of nitrogens with zero attached hydrogens (tertiary/aromatic N) is 2. The van der Waals surface area contributed by atoms with E-state index < -0.39 is 0 Å². The largest absolute Gasteiger partial charge is 0.339 e. The van der Waals surface area contributed by atoms with E-state index in [1.807, 2.05) is 13.8 Å². The van der Waals surface area contributed by atoms with Gasteiger partial charge in [-0.1, -0.05) is 19.0 Å². The van der Waals surface area contributed by atoms with Gasteiger partial charge >= 0.3 is 0 Å². The van der Waals surface area contributed by atoms with Crippen LogP contribution in [0.3, 0.4) is 0 Å². The third-order valence-corrected chi connectivity index (χ3v) is 3.21. The summed E-state index contributed by atoms with van der Waals surface area (Å²) in [6.45, 7) is 8.30. The SMILES string of the molecule is CC(C)Cc1nc(CSCC(C)(C)N)no1. The summed E-state index contributed by atoms with van der Waals surface area (Å²) in [6.07, 6.45) is 0.847. The first-order valence-corrected chi connectivity index (χ1v) is 6.70. The minimum Gasteiger partial charge on any atom is -0.339 e. The van der Waals surface area contributed by atoms with E-state index in [4.69, 9.17) is 10.3 Å². The van der Waals surface area contributed by atoms with Crippen LogP contribution in [0.15, 0.2) is 4.52 Å². The van der Waals surface area contributed by atoms with Gasteiger partial charge in [-0.05, 0) is 19.8 Å². The third-order valence-electron chi connectivity index (χ3n) is 1.80. The second-order valence-electron chi connectivity index (χ2n) is 5.18. The van der Waals surface area contributed by atoms with Crippen molar-refractivity contribution in [2.24, 2.45) is 11.7 Å². The average Bonchev–Trinajstić information content (AvgIpc) is 2.49. The fourth-order valence-corrected chi connectivity index (χ4v) is 2.11. The zero-order chi connectivity index (χ0) is 12.2. The van der Waals surface area contributed by atoms with Crippen molar-refractivity contribution >= 4 is 11.8 Å². The summed E-state index contributed by atoms with van der Waals surface area (Å²) in [4.78, 5) is 4.33. The summed E-state index contributed by atoms with van der Waals surface area (Å²) >= 11 is 1.74. The highest BCUT2D eigenvalue weighted by atomic mass is 32.2. The smallest absolute Gasteiger partial charge is 0.226 e. The van der Waals surface area contributed by atoms with E-state index in [1.165, 1.54) is 0 Å². The number of thioether (sulfide) groups is 1. The molecule has 1 aromatic rings. The van der Waals surface area contributed by atoms with Gasteiger partial charge in [0.1, 0.15) is 0 Å². The Labute approximate surface area is 101 Å². The highest BCUT2D eigenvalue weighted by Gasteiger charge is 2.12. The van der Waals surface area contributed by atoms with Crippen molar-refractivity contribution in [2.75, 3.05) is 5.75 Å². The molecule has 0 aliphatic carbocycles. The molecule has 0 fully saturated rings. The highest BCUT2D eigenvalue weighted by molar-refractivity contribution is 7.98. The molecule has 0 saturated heterocycles. The van der Waals surface area contributed by atoms with Crippen LogP contribution < -0.4 is 5.73 Å². The van der Waals surface area contributed by atoms with Gasteiger partial charge in [-0.15, -0.1) is 0 Å². The van der Waals surface area contributed by atoms with Crippen LogP contribution in [-0.2, 0) is 12.2 Å². The molecule has 16 heavy (non-hydrogen) atoms. The first-order chi connectivity index (χ1) is 7.37. The zero-order valence-corrected chi connectivity index (χ0v) is 11.3. The maximum Gasteiger partial charge on any atom is 0.226 e. The second-order valence-corrected chi connectivity index (χ2v) is 6.17. The van der Waals surface area contributed by atoms with Crippen molar-refractivity contribution in [2.45, 2.75) is 45.4 Å².